The first-order chi connectivity index (χ1) is 12.0. The second kappa shape index (κ2) is 7.37. The van der Waals surface area contributed by atoms with Gasteiger partial charge in [-0.3, -0.25) is 4.79 Å². The molecule has 0 bridgehead atoms. The van der Waals surface area contributed by atoms with Gasteiger partial charge in [0.05, 0.1) is 17.9 Å². The van der Waals surface area contributed by atoms with E-state index in [9.17, 15) is 13.2 Å². The fraction of sp³-hybridized carbons (Fsp3) is 0.412. The summed E-state index contributed by atoms with van der Waals surface area (Å²) in [5, 5.41) is 0. The first kappa shape index (κ1) is 17.6. The van der Waals surface area contributed by atoms with Gasteiger partial charge in [-0.05, 0) is 37.8 Å². The van der Waals surface area contributed by atoms with E-state index in [-0.39, 0.29) is 22.8 Å². The van der Waals surface area contributed by atoms with Gasteiger partial charge in [0.15, 0.2) is 6.39 Å². The average molecular weight is 364 g/mol. The Morgan fingerprint density at radius 3 is 2.44 bits per heavy atom. The van der Waals surface area contributed by atoms with Gasteiger partial charge in [0, 0.05) is 11.6 Å². The van der Waals surface area contributed by atoms with Crippen LogP contribution in [-0.2, 0) is 19.6 Å². The molecule has 1 heterocycles. The number of methoxy groups -OCH3 is 1. The Hall–Kier alpha value is -2.19. The number of sulfonamides is 1. The predicted octanol–water partition coefficient (Wildman–Crippen LogP) is 2.35. The second-order valence-corrected chi connectivity index (χ2v) is 7.81. The minimum atomic E-state index is -3.60. The largest absolute Gasteiger partial charge is 0.469 e. The van der Waals surface area contributed by atoms with Crippen molar-refractivity contribution < 1.29 is 22.4 Å². The molecule has 0 spiro atoms. The Balaban J connectivity index is 1.63. The highest BCUT2D eigenvalue weighted by atomic mass is 32.2. The third kappa shape index (κ3) is 4.08. The minimum Gasteiger partial charge on any atom is -0.469 e. The number of oxazole rings is 1. The number of ether oxygens (including phenoxy) is 1. The zero-order valence-electron chi connectivity index (χ0n) is 13.8. The van der Waals surface area contributed by atoms with Crippen LogP contribution in [0.15, 0.2) is 46.2 Å². The highest BCUT2D eigenvalue weighted by Gasteiger charge is 2.29. The first-order valence-corrected chi connectivity index (χ1v) is 9.56. The molecule has 1 aromatic carbocycles. The van der Waals surface area contributed by atoms with Gasteiger partial charge in [-0.2, -0.15) is 0 Å². The Morgan fingerprint density at radius 1 is 1.20 bits per heavy atom. The molecule has 7 nitrogen and oxygen atoms in total. The molecule has 0 saturated heterocycles. The van der Waals surface area contributed by atoms with Crippen LogP contribution in [0, 0.1) is 5.92 Å². The van der Waals surface area contributed by atoms with E-state index in [1.165, 1.54) is 19.8 Å². The summed E-state index contributed by atoms with van der Waals surface area (Å²) in [6.45, 7) is 0. The molecule has 3 rings (SSSR count). The summed E-state index contributed by atoms with van der Waals surface area (Å²) in [7, 11) is -2.22. The molecular formula is C17H20N2O5S. The van der Waals surface area contributed by atoms with Crippen LogP contribution in [0.1, 0.15) is 25.7 Å². The molecule has 0 aliphatic heterocycles. The Morgan fingerprint density at radius 2 is 1.88 bits per heavy atom. The van der Waals surface area contributed by atoms with Crippen LogP contribution in [0.25, 0.3) is 11.3 Å². The average Bonchev–Trinajstić information content (AvgIpc) is 3.16. The molecule has 1 saturated carbocycles. The van der Waals surface area contributed by atoms with Gasteiger partial charge in [-0.25, -0.2) is 18.1 Å². The molecule has 0 atom stereocenters. The summed E-state index contributed by atoms with van der Waals surface area (Å²) >= 11 is 0. The van der Waals surface area contributed by atoms with E-state index in [1.807, 2.05) is 0 Å². The van der Waals surface area contributed by atoms with Crippen molar-refractivity contribution in [2.45, 2.75) is 36.6 Å². The van der Waals surface area contributed by atoms with Crippen LogP contribution in [0.4, 0.5) is 0 Å². The molecule has 8 heteroatoms. The lowest BCUT2D eigenvalue weighted by atomic mass is 9.86. The lowest BCUT2D eigenvalue weighted by Gasteiger charge is -2.27. The van der Waals surface area contributed by atoms with Crippen LogP contribution in [0.3, 0.4) is 0 Å². The van der Waals surface area contributed by atoms with E-state index < -0.39 is 10.0 Å². The number of esters is 1. The Kier molecular flexibility index (Phi) is 5.19. The van der Waals surface area contributed by atoms with Gasteiger partial charge in [-0.1, -0.05) is 12.1 Å². The summed E-state index contributed by atoms with van der Waals surface area (Å²) in [6, 6.07) is 6.32. The lowest BCUT2D eigenvalue weighted by Crippen LogP contribution is -2.38. The van der Waals surface area contributed by atoms with Gasteiger partial charge >= 0.3 is 5.97 Å². The van der Waals surface area contributed by atoms with E-state index in [4.69, 9.17) is 9.15 Å². The number of nitrogens with zero attached hydrogens (tertiary/aromatic N) is 1. The summed E-state index contributed by atoms with van der Waals surface area (Å²) in [5.74, 6) is -0.350. The number of carbonyl (C=O) groups excluding carboxylic acids is 1. The van der Waals surface area contributed by atoms with Crippen molar-refractivity contribution in [2.24, 2.45) is 5.92 Å². The molecule has 1 aliphatic rings. The molecule has 25 heavy (non-hydrogen) atoms. The molecule has 1 N–H and O–H groups in total. The van der Waals surface area contributed by atoms with Gasteiger partial charge in [-0.15, -0.1) is 0 Å². The maximum atomic E-state index is 12.5. The van der Waals surface area contributed by atoms with Crippen molar-refractivity contribution in [1.82, 2.24) is 9.71 Å². The summed E-state index contributed by atoms with van der Waals surface area (Å²) in [6.07, 6.45) is 5.33. The highest BCUT2D eigenvalue weighted by Crippen LogP contribution is 2.27. The number of nitrogens with one attached hydrogen (secondary N) is 1. The smallest absolute Gasteiger partial charge is 0.308 e. The molecule has 0 amide bonds. The fourth-order valence-corrected chi connectivity index (χ4v) is 4.37. The summed E-state index contributed by atoms with van der Waals surface area (Å²) in [5.41, 5.74) is 1.43. The monoisotopic (exact) mass is 364 g/mol. The topological polar surface area (TPSA) is 98.5 Å². The highest BCUT2D eigenvalue weighted by molar-refractivity contribution is 7.89. The normalized spacial score (nSPS) is 21.0. The van der Waals surface area contributed by atoms with E-state index in [2.05, 4.69) is 9.71 Å². The zero-order valence-corrected chi connectivity index (χ0v) is 14.7. The van der Waals surface area contributed by atoms with Crippen LogP contribution < -0.4 is 4.72 Å². The van der Waals surface area contributed by atoms with Crippen molar-refractivity contribution in [3.63, 3.8) is 0 Å². The van der Waals surface area contributed by atoms with E-state index in [1.54, 1.807) is 24.3 Å². The van der Waals surface area contributed by atoms with Crippen molar-refractivity contribution in [3.8, 4) is 11.3 Å². The zero-order chi connectivity index (χ0) is 17.9. The Labute approximate surface area is 146 Å². The molecule has 0 radical (unpaired) electrons. The van der Waals surface area contributed by atoms with E-state index >= 15 is 0 Å². The number of carbonyl (C=O) groups is 1. The molecule has 134 valence electrons. The number of aromatic nitrogens is 1. The van der Waals surface area contributed by atoms with Crippen LogP contribution in [0.5, 0.6) is 0 Å². The SMILES string of the molecule is COC(=O)[C@H]1CC[C@H](NS(=O)(=O)c2ccc(-c3cocn3)cc2)CC1. The van der Waals surface area contributed by atoms with E-state index in [0.717, 1.165) is 5.56 Å². The molecule has 1 aliphatic carbocycles. The van der Waals surface area contributed by atoms with Gasteiger partial charge < -0.3 is 9.15 Å². The predicted molar refractivity (Wildman–Crippen MR) is 90.0 cm³/mol. The number of hydrogen-bond acceptors (Lipinski definition) is 6. The number of hydrogen-bond donors (Lipinski definition) is 1. The maximum Gasteiger partial charge on any atom is 0.308 e. The van der Waals surface area contributed by atoms with Gasteiger partial charge in [0.25, 0.3) is 0 Å². The van der Waals surface area contributed by atoms with Gasteiger partial charge in [0.2, 0.25) is 10.0 Å². The molecule has 1 aromatic heterocycles. The van der Waals surface area contributed by atoms with Gasteiger partial charge in [0.1, 0.15) is 12.0 Å². The van der Waals surface area contributed by atoms with Crippen LogP contribution in [0.2, 0.25) is 0 Å². The lowest BCUT2D eigenvalue weighted by molar-refractivity contribution is -0.146. The quantitative estimate of drug-likeness (QED) is 0.818. The minimum absolute atomic E-state index is 0.132. The maximum absolute atomic E-state index is 12.5. The fourth-order valence-electron chi connectivity index (χ4n) is 3.06. The first-order valence-electron chi connectivity index (χ1n) is 8.08. The number of rotatable bonds is 5. The van der Waals surface area contributed by atoms with Crippen LogP contribution in [-0.4, -0.2) is 32.5 Å². The summed E-state index contributed by atoms with van der Waals surface area (Å²) in [4.78, 5) is 15.8. The molecular weight excluding hydrogens is 344 g/mol. The third-order valence-electron chi connectivity index (χ3n) is 4.48. The molecule has 1 fully saturated rings. The van der Waals surface area contributed by atoms with Crippen molar-refractivity contribution in [1.29, 1.82) is 0 Å². The van der Waals surface area contributed by atoms with Crippen molar-refractivity contribution >= 4 is 16.0 Å². The number of benzene rings is 1. The molecule has 2 aromatic rings. The van der Waals surface area contributed by atoms with Crippen molar-refractivity contribution in [3.05, 3.63) is 36.9 Å². The second-order valence-electron chi connectivity index (χ2n) is 6.09. The van der Waals surface area contributed by atoms with E-state index in [0.29, 0.717) is 31.4 Å². The van der Waals surface area contributed by atoms with Crippen LogP contribution >= 0.6 is 0 Å². The standard InChI is InChI=1S/C17H20N2O5S/c1-23-17(20)13-2-6-14(7-3-13)19-25(21,22)15-8-4-12(5-9-15)16-10-24-11-18-16/h4-5,8-11,13-14,19H,2-3,6-7H2,1H3/t13-,14-. The summed E-state index contributed by atoms with van der Waals surface area (Å²) < 4.78 is 37.5. The Bertz CT molecular complexity index is 807. The molecule has 0 unspecified atom stereocenters. The van der Waals surface area contributed by atoms with Crippen molar-refractivity contribution in [2.75, 3.05) is 7.11 Å². The third-order valence-corrected chi connectivity index (χ3v) is 6.01.